The first-order valence-corrected chi connectivity index (χ1v) is 6.95. The molecule has 4 heteroatoms. The van der Waals surface area contributed by atoms with E-state index in [1.54, 1.807) is 27.7 Å². The first-order chi connectivity index (χ1) is 8.66. The molecule has 0 aromatic carbocycles. The van der Waals surface area contributed by atoms with Crippen LogP contribution < -0.4 is 0 Å². The number of amides is 2. The van der Waals surface area contributed by atoms with Gasteiger partial charge in [0.25, 0.3) is 0 Å². The maximum atomic E-state index is 12.6. The molecule has 3 rings (SSSR count). The van der Waals surface area contributed by atoms with Gasteiger partial charge in [-0.25, -0.2) is 0 Å². The molecular formula is C15H21NO3. The number of nitrogens with zero attached hydrogens (tertiary/aromatic N) is 1. The molecule has 1 N–H and O–H groups in total. The summed E-state index contributed by atoms with van der Waals surface area (Å²) < 4.78 is 0. The Bertz CT molecular complexity index is 456. The predicted molar refractivity (Wildman–Crippen MR) is 69.9 cm³/mol. The van der Waals surface area contributed by atoms with E-state index in [4.69, 9.17) is 0 Å². The Kier molecular flexibility index (Phi) is 2.35. The van der Waals surface area contributed by atoms with Gasteiger partial charge in [-0.15, -0.1) is 0 Å². The van der Waals surface area contributed by atoms with Crippen LogP contribution in [0.1, 0.15) is 34.1 Å². The topological polar surface area (TPSA) is 57.6 Å². The third kappa shape index (κ3) is 1.43. The minimum absolute atomic E-state index is 0.0982. The number of aliphatic hydroxyl groups is 1. The summed E-state index contributed by atoms with van der Waals surface area (Å²) in [5, 5.41) is 10.3. The summed E-state index contributed by atoms with van der Waals surface area (Å²) in [5.74, 6) is -0.144. The van der Waals surface area contributed by atoms with Gasteiger partial charge < -0.3 is 5.11 Å². The fraction of sp³-hybridized carbons (Fsp3) is 0.733. The monoisotopic (exact) mass is 263 g/mol. The summed E-state index contributed by atoms with van der Waals surface area (Å²) >= 11 is 0. The van der Waals surface area contributed by atoms with Crippen LogP contribution in [0.4, 0.5) is 0 Å². The molecule has 104 valence electrons. The van der Waals surface area contributed by atoms with Crippen LogP contribution in [0.15, 0.2) is 12.2 Å². The lowest BCUT2D eigenvalue weighted by Gasteiger charge is -2.43. The SMILES string of the molecule is CC(C)(O)C(C)(C)N1C(=O)C2C3C=CC(C3)C2C1=O. The van der Waals surface area contributed by atoms with Crippen LogP contribution in [-0.4, -0.2) is 33.0 Å². The lowest BCUT2D eigenvalue weighted by molar-refractivity contribution is -0.157. The molecule has 3 aliphatic rings. The Balaban J connectivity index is 1.99. The lowest BCUT2D eigenvalue weighted by atomic mass is 9.84. The van der Waals surface area contributed by atoms with Gasteiger partial charge in [0.1, 0.15) is 0 Å². The Labute approximate surface area is 113 Å². The highest BCUT2D eigenvalue weighted by atomic mass is 16.3. The number of hydrogen-bond donors (Lipinski definition) is 1. The number of fused-ring (bicyclic) bond motifs is 5. The zero-order valence-corrected chi connectivity index (χ0v) is 11.9. The largest absolute Gasteiger partial charge is 0.388 e. The third-order valence-corrected chi connectivity index (χ3v) is 5.53. The molecule has 2 fully saturated rings. The second kappa shape index (κ2) is 3.48. The number of likely N-dealkylation sites (tertiary alicyclic amines) is 1. The zero-order chi connectivity index (χ0) is 14.2. The smallest absolute Gasteiger partial charge is 0.234 e. The van der Waals surface area contributed by atoms with Crippen LogP contribution in [0.5, 0.6) is 0 Å². The Morgan fingerprint density at radius 2 is 1.47 bits per heavy atom. The average molecular weight is 263 g/mol. The minimum atomic E-state index is -1.12. The van der Waals surface area contributed by atoms with Crippen molar-refractivity contribution in [3.8, 4) is 0 Å². The normalized spacial score (nSPS) is 37.4. The van der Waals surface area contributed by atoms with Crippen molar-refractivity contribution in [2.75, 3.05) is 0 Å². The molecule has 2 aliphatic carbocycles. The van der Waals surface area contributed by atoms with E-state index in [1.807, 2.05) is 0 Å². The molecular weight excluding hydrogens is 242 g/mol. The molecule has 4 nitrogen and oxygen atoms in total. The van der Waals surface area contributed by atoms with Crippen molar-refractivity contribution in [1.82, 2.24) is 4.90 Å². The highest BCUT2D eigenvalue weighted by Gasteiger charge is 2.63. The molecule has 19 heavy (non-hydrogen) atoms. The average Bonchev–Trinajstić information content (AvgIpc) is 2.90. The van der Waals surface area contributed by atoms with Crippen LogP contribution >= 0.6 is 0 Å². The summed E-state index contributed by atoms with van der Waals surface area (Å²) in [6.45, 7) is 6.82. The first kappa shape index (κ1) is 12.9. The molecule has 4 unspecified atom stereocenters. The molecule has 1 aliphatic heterocycles. The number of carbonyl (C=O) groups is 2. The van der Waals surface area contributed by atoms with Gasteiger partial charge in [0.2, 0.25) is 11.8 Å². The summed E-state index contributed by atoms with van der Waals surface area (Å²) in [4.78, 5) is 26.6. The molecule has 0 radical (unpaired) electrons. The van der Waals surface area contributed by atoms with Gasteiger partial charge in [-0.1, -0.05) is 12.2 Å². The quantitative estimate of drug-likeness (QED) is 0.604. The van der Waals surface area contributed by atoms with Crippen molar-refractivity contribution >= 4 is 11.8 Å². The van der Waals surface area contributed by atoms with Gasteiger partial charge >= 0.3 is 0 Å². The second-order valence-electron chi connectivity index (χ2n) is 7.13. The van der Waals surface area contributed by atoms with Crippen molar-refractivity contribution in [1.29, 1.82) is 0 Å². The molecule has 4 atom stereocenters. The van der Waals surface area contributed by atoms with E-state index in [1.165, 1.54) is 4.90 Å². The highest BCUT2D eigenvalue weighted by molar-refractivity contribution is 6.07. The number of hydrogen-bond acceptors (Lipinski definition) is 3. The van der Waals surface area contributed by atoms with E-state index in [2.05, 4.69) is 12.2 Å². The van der Waals surface area contributed by atoms with Crippen molar-refractivity contribution in [2.45, 2.75) is 45.3 Å². The summed E-state index contributed by atoms with van der Waals surface area (Å²) in [5.41, 5.74) is -2.01. The minimum Gasteiger partial charge on any atom is -0.388 e. The summed E-state index contributed by atoms with van der Waals surface area (Å²) in [6, 6.07) is 0. The van der Waals surface area contributed by atoms with Crippen LogP contribution in [0.3, 0.4) is 0 Å². The van der Waals surface area contributed by atoms with Gasteiger partial charge in [-0.2, -0.15) is 0 Å². The fourth-order valence-corrected chi connectivity index (χ4v) is 3.73. The molecule has 2 bridgehead atoms. The first-order valence-electron chi connectivity index (χ1n) is 6.95. The van der Waals surface area contributed by atoms with E-state index in [9.17, 15) is 14.7 Å². The second-order valence-corrected chi connectivity index (χ2v) is 7.13. The third-order valence-electron chi connectivity index (χ3n) is 5.53. The van der Waals surface area contributed by atoms with Crippen LogP contribution in [0.25, 0.3) is 0 Å². The predicted octanol–water partition coefficient (Wildman–Crippen LogP) is 1.34. The van der Waals surface area contributed by atoms with Crippen molar-refractivity contribution in [3.05, 3.63) is 12.2 Å². The van der Waals surface area contributed by atoms with E-state index >= 15 is 0 Å². The molecule has 0 spiro atoms. The van der Waals surface area contributed by atoms with Crippen LogP contribution in [-0.2, 0) is 9.59 Å². The van der Waals surface area contributed by atoms with E-state index in [0.717, 1.165) is 6.42 Å². The van der Waals surface area contributed by atoms with Gasteiger partial charge in [-0.05, 0) is 46.0 Å². The van der Waals surface area contributed by atoms with E-state index in [0.29, 0.717) is 0 Å². The molecule has 1 heterocycles. The number of carbonyl (C=O) groups excluding carboxylic acids is 2. The molecule has 2 amide bonds. The van der Waals surface area contributed by atoms with Gasteiger partial charge in [0.05, 0.1) is 23.0 Å². The maximum Gasteiger partial charge on any atom is 0.234 e. The molecule has 1 saturated heterocycles. The number of rotatable bonds is 2. The zero-order valence-electron chi connectivity index (χ0n) is 11.9. The highest BCUT2D eigenvalue weighted by Crippen LogP contribution is 2.54. The number of imide groups is 1. The summed E-state index contributed by atoms with van der Waals surface area (Å²) in [7, 11) is 0. The van der Waals surface area contributed by atoms with Gasteiger partial charge in [0, 0.05) is 0 Å². The summed E-state index contributed by atoms with van der Waals surface area (Å²) in [6.07, 6.45) is 5.10. The van der Waals surface area contributed by atoms with E-state index < -0.39 is 11.1 Å². The number of allylic oxidation sites excluding steroid dienone is 2. The Morgan fingerprint density at radius 3 is 1.84 bits per heavy atom. The molecule has 0 aromatic heterocycles. The fourth-order valence-electron chi connectivity index (χ4n) is 3.73. The Hall–Kier alpha value is -1.16. The lowest BCUT2D eigenvalue weighted by Crippen LogP contribution is -2.60. The van der Waals surface area contributed by atoms with Crippen molar-refractivity contribution in [2.24, 2.45) is 23.7 Å². The van der Waals surface area contributed by atoms with Gasteiger partial charge in [-0.3, -0.25) is 14.5 Å². The van der Waals surface area contributed by atoms with Gasteiger partial charge in [0.15, 0.2) is 0 Å². The molecule has 1 saturated carbocycles. The van der Waals surface area contributed by atoms with E-state index in [-0.39, 0.29) is 35.5 Å². The van der Waals surface area contributed by atoms with Crippen LogP contribution in [0, 0.1) is 23.7 Å². The Morgan fingerprint density at radius 1 is 1.05 bits per heavy atom. The standard InChI is InChI=1S/C15H21NO3/c1-14(2,15(3,4)19)16-12(17)10-8-5-6-9(7-8)11(10)13(16)18/h5-6,8-11,19H,7H2,1-4H3. The van der Waals surface area contributed by atoms with Crippen molar-refractivity contribution < 1.29 is 14.7 Å². The maximum absolute atomic E-state index is 12.6. The van der Waals surface area contributed by atoms with Crippen molar-refractivity contribution in [3.63, 3.8) is 0 Å². The van der Waals surface area contributed by atoms with Crippen LogP contribution in [0.2, 0.25) is 0 Å². The molecule has 0 aromatic rings.